The van der Waals surface area contributed by atoms with E-state index in [2.05, 4.69) is 6.92 Å². The summed E-state index contributed by atoms with van der Waals surface area (Å²) in [7, 11) is -0.753. The lowest BCUT2D eigenvalue weighted by atomic mass is 10.1. The first-order chi connectivity index (χ1) is 6.03. The fourth-order valence-corrected chi connectivity index (χ4v) is 3.89. The van der Waals surface area contributed by atoms with Gasteiger partial charge in [-0.15, -0.1) is 0 Å². The van der Waals surface area contributed by atoms with Crippen molar-refractivity contribution in [3.63, 3.8) is 0 Å². The van der Waals surface area contributed by atoms with Crippen molar-refractivity contribution in [3.8, 4) is 0 Å². The Bertz CT molecular complexity index is 239. The predicted molar refractivity (Wildman–Crippen MR) is 50.9 cm³/mol. The Labute approximate surface area is 81.2 Å². The van der Waals surface area contributed by atoms with Crippen molar-refractivity contribution in [1.82, 2.24) is 0 Å². The van der Waals surface area contributed by atoms with Gasteiger partial charge in [0.1, 0.15) is 6.10 Å². The topological polar surface area (TPSA) is 35.5 Å². The molecule has 0 radical (unpaired) electrons. The summed E-state index contributed by atoms with van der Waals surface area (Å²) >= 11 is 0. The van der Waals surface area contributed by atoms with Gasteiger partial charge in [-0.1, -0.05) is 6.92 Å². The first-order valence-electron chi connectivity index (χ1n) is 4.76. The summed E-state index contributed by atoms with van der Waals surface area (Å²) < 4.78 is 23.0. The van der Waals surface area contributed by atoms with E-state index in [4.69, 9.17) is 9.47 Å². The van der Waals surface area contributed by atoms with E-state index in [1.54, 1.807) is 0 Å². The van der Waals surface area contributed by atoms with Gasteiger partial charge in [-0.25, -0.2) is 0 Å². The van der Waals surface area contributed by atoms with Gasteiger partial charge in [-0.3, -0.25) is 4.21 Å². The lowest BCUT2D eigenvalue weighted by molar-refractivity contribution is -0.145. The highest BCUT2D eigenvalue weighted by Crippen LogP contribution is 2.37. The fraction of sp³-hybridized carbons (Fsp3) is 1.00. The average molecular weight is 204 g/mol. The van der Waals surface area contributed by atoms with Crippen LogP contribution in [0.3, 0.4) is 0 Å². The Balaban J connectivity index is 2.15. The van der Waals surface area contributed by atoms with Gasteiger partial charge in [0.05, 0.1) is 17.1 Å². The number of hydrogen-bond donors (Lipinski definition) is 0. The highest BCUT2D eigenvalue weighted by molar-refractivity contribution is 7.86. The third kappa shape index (κ3) is 1.55. The monoisotopic (exact) mass is 204 g/mol. The van der Waals surface area contributed by atoms with E-state index in [9.17, 15) is 4.21 Å². The first kappa shape index (κ1) is 9.62. The van der Waals surface area contributed by atoms with Crippen LogP contribution < -0.4 is 0 Å². The summed E-state index contributed by atoms with van der Waals surface area (Å²) in [4.78, 5) is 0. The van der Waals surface area contributed by atoms with E-state index in [1.807, 2.05) is 13.8 Å². The molecule has 0 bridgehead atoms. The molecule has 2 aliphatic heterocycles. The molecule has 0 amide bonds. The molecular weight excluding hydrogens is 188 g/mol. The van der Waals surface area contributed by atoms with Crippen LogP contribution >= 0.6 is 0 Å². The minimum absolute atomic E-state index is 0.0563. The molecule has 2 fully saturated rings. The molecule has 4 unspecified atom stereocenters. The Morgan fingerprint density at radius 1 is 1.46 bits per heavy atom. The van der Waals surface area contributed by atoms with Crippen LogP contribution in [-0.4, -0.2) is 33.2 Å². The van der Waals surface area contributed by atoms with Crippen molar-refractivity contribution in [1.29, 1.82) is 0 Å². The lowest BCUT2D eigenvalue weighted by Crippen LogP contribution is -2.29. The molecule has 2 heterocycles. The summed E-state index contributed by atoms with van der Waals surface area (Å²) in [6.45, 7) is 5.89. The zero-order chi connectivity index (χ0) is 9.64. The van der Waals surface area contributed by atoms with E-state index >= 15 is 0 Å². The van der Waals surface area contributed by atoms with Crippen LogP contribution in [0, 0.1) is 0 Å². The number of rotatable bonds is 1. The first-order valence-corrected chi connectivity index (χ1v) is 6.14. The third-order valence-electron chi connectivity index (χ3n) is 2.66. The number of fused-ring (bicyclic) bond motifs is 1. The van der Waals surface area contributed by atoms with Gasteiger partial charge >= 0.3 is 0 Å². The molecule has 2 aliphatic rings. The van der Waals surface area contributed by atoms with E-state index in [-0.39, 0.29) is 17.5 Å². The molecule has 76 valence electrons. The summed E-state index contributed by atoms with van der Waals surface area (Å²) in [5, 5.41) is 0.173. The Morgan fingerprint density at radius 3 is 2.77 bits per heavy atom. The van der Waals surface area contributed by atoms with Crippen molar-refractivity contribution < 1.29 is 13.7 Å². The van der Waals surface area contributed by atoms with Crippen LogP contribution in [0.2, 0.25) is 0 Å². The molecule has 0 aromatic rings. The zero-order valence-electron chi connectivity index (χ0n) is 8.28. The Kier molecular flexibility index (Phi) is 2.25. The smallest absolute Gasteiger partial charge is 0.163 e. The highest BCUT2D eigenvalue weighted by atomic mass is 32.2. The maximum Gasteiger partial charge on any atom is 0.163 e. The zero-order valence-corrected chi connectivity index (χ0v) is 9.10. The van der Waals surface area contributed by atoms with E-state index in [1.165, 1.54) is 0 Å². The molecule has 0 N–H and O–H groups in total. The van der Waals surface area contributed by atoms with Crippen LogP contribution in [0.25, 0.3) is 0 Å². The minimum Gasteiger partial charge on any atom is -0.344 e. The normalized spacial score (nSPS) is 47.9. The SMILES string of the molecule is CCC1C2OC(C)(C)OC2CS1=O. The second-order valence-corrected chi connectivity index (χ2v) is 5.83. The lowest BCUT2D eigenvalue weighted by Gasteiger charge is -2.20. The van der Waals surface area contributed by atoms with Crippen molar-refractivity contribution in [2.24, 2.45) is 0 Å². The molecule has 0 aromatic carbocycles. The second kappa shape index (κ2) is 3.04. The maximum atomic E-state index is 11.6. The molecule has 2 rings (SSSR count). The average Bonchev–Trinajstić information content (AvgIpc) is 2.39. The Hall–Kier alpha value is 0.0700. The van der Waals surface area contributed by atoms with Crippen molar-refractivity contribution >= 4 is 10.8 Å². The summed E-state index contributed by atoms with van der Waals surface area (Å²) in [5.74, 6) is 0.167. The molecule has 0 aliphatic carbocycles. The van der Waals surface area contributed by atoms with Crippen LogP contribution in [0.1, 0.15) is 27.2 Å². The van der Waals surface area contributed by atoms with Gasteiger partial charge in [-0.2, -0.15) is 0 Å². The van der Waals surface area contributed by atoms with Crippen molar-refractivity contribution in [2.45, 2.75) is 50.4 Å². The van der Waals surface area contributed by atoms with Crippen LogP contribution in [0.5, 0.6) is 0 Å². The molecule has 4 atom stereocenters. The van der Waals surface area contributed by atoms with E-state index in [0.717, 1.165) is 6.42 Å². The van der Waals surface area contributed by atoms with E-state index in [0.29, 0.717) is 5.75 Å². The molecule has 4 heteroatoms. The maximum absolute atomic E-state index is 11.6. The molecule has 13 heavy (non-hydrogen) atoms. The van der Waals surface area contributed by atoms with Gasteiger partial charge in [0.25, 0.3) is 0 Å². The predicted octanol–water partition coefficient (Wildman–Crippen LogP) is 1.05. The second-order valence-electron chi connectivity index (χ2n) is 4.13. The quantitative estimate of drug-likeness (QED) is 0.640. The van der Waals surface area contributed by atoms with Crippen molar-refractivity contribution in [3.05, 3.63) is 0 Å². The van der Waals surface area contributed by atoms with Crippen molar-refractivity contribution in [2.75, 3.05) is 5.75 Å². The molecule has 0 saturated carbocycles. The van der Waals surface area contributed by atoms with Gasteiger partial charge in [0.2, 0.25) is 0 Å². The third-order valence-corrected chi connectivity index (χ3v) is 4.59. The van der Waals surface area contributed by atoms with Crippen LogP contribution in [0.4, 0.5) is 0 Å². The van der Waals surface area contributed by atoms with Crippen LogP contribution in [0.15, 0.2) is 0 Å². The van der Waals surface area contributed by atoms with Crippen LogP contribution in [-0.2, 0) is 20.3 Å². The van der Waals surface area contributed by atoms with E-state index < -0.39 is 16.6 Å². The summed E-state index contributed by atoms with van der Waals surface area (Å²) in [6.07, 6.45) is 1.02. The molecule has 0 spiro atoms. The Morgan fingerprint density at radius 2 is 2.15 bits per heavy atom. The van der Waals surface area contributed by atoms with Gasteiger partial charge in [0.15, 0.2) is 5.79 Å². The molecular formula is C9H16O3S. The number of ether oxygens (including phenoxy) is 2. The molecule has 2 saturated heterocycles. The minimum atomic E-state index is -0.753. The summed E-state index contributed by atoms with van der Waals surface area (Å²) in [6, 6.07) is 0. The largest absolute Gasteiger partial charge is 0.344 e. The standard InChI is InChI=1S/C9H16O3S/c1-4-7-8-6(5-13(7)10)11-9(2,3)12-8/h6-8H,4-5H2,1-3H3. The van der Waals surface area contributed by atoms with Gasteiger partial charge < -0.3 is 9.47 Å². The number of hydrogen-bond acceptors (Lipinski definition) is 3. The molecule has 0 aromatic heterocycles. The highest BCUT2D eigenvalue weighted by Gasteiger charge is 2.51. The summed E-state index contributed by atoms with van der Waals surface area (Å²) in [5.41, 5.74) is 0. The molecule has 3 nitrogen and oxygen atoms in total. The van der Waals surface area contributed by atoms with Gasteiger partial charge in [-0.05, 0) is 20.3 Å². The fourth-order valence-electron chi connectivity index (χ4n) is 2.16. The van der Waals surface area contributed by atoms with Gasteiger partial charge in [0, 0.05) is 10.8 Å².